The van der Waals surface area contributed by atoms with Crippen LogP contribution in [0.25, 0.3) is 0 Å². The van der Waals surface area contributed by atoms with Gasteiger partial charge in [-0.15, -0.1) is 0 Å². The van der Waals surface area contributed by atoms with Gasteiger partial charge in [-0.2, -0.15) is 3.89 Å². The van der Waals surface area contributed by atoms with E-state index in [0.29, 0.717) is 24.5 Å². The minimum absolute atomic E-state index is 0.301. The highest BCUT2D eigenvalue weighted by atomic mass is 32.2. The Bertz CT molecular complexity index is 238. The number of hydrogen-bond acceptors (Lipinski definition) is 3. The Hall–Kier alpha value is -0.190. The summed E-state index contributed by atoms with van der Waals surface area (Å²) in [5.74, 6) is 0.388. The molecular weight excluding hydrogens is 207 g/mol. The van der Waals surface area contributed by atoms with Gasteiger partial charge < -0.3 is 4.18 Å². The second kappa shape index (κ2) is 6.29. The van der Waals surface area contributed by atoms with Crippen molar-refractivity contribution in [3.63, 3.8) is 0 Å². The highest BCUT2D eigenvalue weighted by Gasteiger charge is 1.94. The summed E-state index contributed by atoms with van der Waals surface area (Å²) in [5, 5.41) is 0. The van der Waals surface area contributed by atoms with E-state index in [9.17, 15) is 3.89 Å². The number of halogens is 1. The average molecular weight is 218 g/mol. The van der Waals surface area contributed by atoms with Gasteiger partial charge in [0.2, 0.25) is 0 Å². The molecule has 0 unspecified atom stereocenters. The van der Waals surface area contributed by atoms with Gasteiger partial charge in [0.15, 0.2) is 0 Å². The molecule has 0 N–H and O–H groups in total. The summed E-state index contributed by atoms with van der Waals surface area (Å²) < 4.78 is 16.8. The molecule has 0 spiro atoms. The van der Waals surface area contributed by atoms with Crippen molar-refractivity contribution >= 4 is 24.2 Å². The minimum atomic E-state index is 0.301. The fraction of sp³-hybridized carbons (Fsp3) is 0.333. The van der Waals surface area contributed by atoms with E-state index in [1.165, 1.54) is 17.6 Å². The van der Waals surface area contributed by atoms with E-state index in [4.69, 9.17) is 4.18 Å². The lowest BCUT2D eigenvalue weighted by Gasteiger charge is -2.00. The number of rotatable bonds is 5. The van der Waals surface area contributed by atoms with Gasteiger partial charge in [-0.1, -0.05) is 17.7 Å². The third kappa shape index (κ3) is 4.55. The Kier molecular flexibility index (Phi) is 5.27. The van der Waals surface area contributed by atoms with E-state index in [2.05, 4.69) is 0 Å². The largest absolute Gasteiger partial charge is 0.309 e. The van der Waals surface area contributed by atoms with Crippen LogP contribution in [0.5, 0.6) is 0 Å². The van der Waals surface area contributed by atoms with Crippen LogP contribution in [0.2, 0.25) is 0 Å². The molecule has 0 heterocycles. The third-order valence-electron chi connectivity index (χ3n) is 1.42. The normalized spacial score (nSPS) is 10.3. The first-order chi connectivity index (χ1) is 6.33. The van der Waals surface area contributed by atoms with Gasteiger partial charge in [0, 0.05) is 34.8 Å². The van der Waals surface area contributed by atoms with E-state index < -0.39 is 0 Å². The van der Waals surface area contributed by atoms with Crippen LogP contribution >= 0.6 is 24.2 Å². The molecule has 0 aliphatic heterocycles. The summed E-state index contributed by atoms with van der Waals surface area (Å²) in [7, 11) is 0. The van der Waals surface area contributed by atoms with E-state index in [1.54, 1.807) is 0 Å². The first-order valence-corrected chi connectivity index (χ1v) is 5.55. The molecule has 0 bridgehead atoms. The predicted octanol–water partition coefficient (Wildman–Crippen LogP) is 3.64. The van der Waals surface area contributed by atoms with Crippen molar-refractivity contribution in [2.24, 2.45) is 0 Å². The van der Waals surface area contributed by atoms with Crippen molar-refractivity contribution in [1.82, 2.24) is 0 Å². The van der Waals surface area contributed by atoms with Crippen molar-refractivity contribution < 1.29 is 8.07 Å². The van der Waals surface area contributed by atoms with Gasteiger partial charge in [-0.3, -0.25) is 0 Å². The van der Waals surface area contributed by atoms with Gasteiger partial charge in [-0.25, -0.2) is 0 Å². The molecule has 0 saturated heterocycles. The molecule has 0 amide bonds. The van der Waals surface area contributed by atoms with Crippen LogP contribution < -0.4 is 0 Å². The molecule has 0 saturated carbocycles. The van der Waals surface area contributed by atoms with E-state index in [-0.39, 0.29) is 0 Å². The molecule has 13 heavy (non-hydrogen) atoms. The van der Waals surface area contributed by atoms with Gasteiger partial charge in [0.05, 0.1) is 6.61 Å². The maximum absolute atomic E-state index is 11.6. The first kappa shape index (κ1) is 10.9. The molecule has 4 heteroatoms. The second-order valence-electron chi connectivity index (χ2n) is 2.53. The fourth-order valence-electron chi connectivity index (χ4n) is 0.769. The molecule has 0 fully saturated rings. The molecule has 1 nitrogen and oxygen atoms in total. The SMILES string of the molecule is Cc1ccc(SOCCSF)cc1. The standard InChI is InChI=1S/C9H11FOS2/c1-8-2-4-9(5-3-8)13-11-6-7-12-10/h2-5H,6-7H2,1H3. The zero-order valence-electron chi connectivity index (χ0n) is 7.33. The monoisotopic (exact) mass is 218 g/mol. The van der Waals surface area contributed by atoms with E-state index in [0.717, 1.165) is 4.90 Å². The number of benzene rings is 1. The Labute approximate surface area is 86.6 Å². The highest BCUT2D eigenvalue weighted by molar-refractivity contribution is 7.95. The smallest absolute Gasteiger partial charge is 0.0734 e. The summed E-state index contributed by atoms with van der Waals surface area (Å²) in [6.45, 7) is 2.47. The molecule has 0 atom stereocenters. The lowest BCUT2D eigenvalue weighted by atomic mass is 10.2. The minimum Gasteiger partial charge on any atom is -0.309 e. The number of hydrogen-bond donors (Lipinski definition) is 0. The Morgan fingerprint density at radius 1 is 1.31 bits per heavy atom. The van der Waals surface area contributed by atoms with Crippen LogP contribution in [0.15, 0.2) is 29.2 Å². The van der Waals surface area contributed by atoms with Crippen LogP contribution in [0.1, 0.15) is 5.56 Å². The van der Waals surface area contributed by atoms with Crippen LogP contribution in [0.4, 0.5) is 3.89 Å². The zero-order valence-corrected chi connectivity index (χ0v) is 8.96. The first-order valence-electron chi connectivity index (χ1n) is 3.92. The van der Waals surface area contributed by atoms with Crippen LogP contribution in [-0.2, 0) is 4.18 Å². The van der Waals surface area contributed by atoms with Crippen LogP contribution in [0, 0.1) is 6.92 Å². The quantitative estimate of drug-likeness (QED) is 0.551. The van der Waals surface area contributed by atoms with E-state index >= 15 is 0 Å². The molecule has 1 rings (SSSR count). The molecule has 0 aliphatic rings. The molecule has 72 valence electrons. The molecular formula is C9H11FOS2. The maximum Gasteiger partial charge on any atom is 0.0734 e. The average Bonchev–Trinajstić information content (AvgIpc) is 2.15. The Balaban J connectivity index is 2.25. The van der Waals surface area contributed by atoms with Crippen molar-refractivity contribution in [1.29, 1.82) is 0 Å². The highest BCUT2D eigenvalue weighted by Crippen LogP contribution is 2.19. The second-order valence-corrected chi connectivity index (χ2v) is 4.03. The lowest BCUT2D eigenvalue weighted by Crippen LogP contribution is -1.87. The summed E-state index contributed by atoms with van der Waals surface area (Å²) in [4.78, 5) is 1.05. The molecule has 1 aromatic carbocycles. The Morgan fingerprint density at radius 2 is 2.00 bits per heavy atom. The molecule has 0 radical (unpaired) electrons. The van der Waals surface area contributed by atoms with Crippen molar-refractivity contribution in [2.75, 3.05) is 12.4 Å². The summed E-state index contributed by atoms with van der Waals surface area (Å²) >= 11 is 1.59. The number of aryl methyl sites for hydroxylation is 1. The van der Waals surface area contributed by atoms with Crippen LogP contribution in [0.3, 0.4) is 0 Å². The Morgan fingerprint density at radius 3 is 2.62 bits per heavy atom. The molecule has 0 aromatic heterocycles. The van der Waals surface area contributed by atoms with Crippen molar-refractivity contribution in [3.8, 4) is 0 Å². The van der Waals surface area contributed by atoms with Gasteiger partial charge in [0.25, 0.3) is 0 Å². The molecule has 1 aromatic rings. The van der Waals surface area contributed by atoms with Crippen molar-refractivity contribution in [2.45, 2.75) is 11.8 Å². The topological polar surface area (TPSA) is 9.23 Å². The summed E-state index contributed by atoms with van der Waals surface area (Å²) in [6, 6.07) is 8.02. The zero-order chi connectivity index (χ0) is 9.52. The predicted molar refractivity (Wildman–Crippen MR) is 56.6 cm³/mol. The van der Waals surface area contributed by atoms with Crippen LogP contribution in [-0.4, -0.2) is 12.4 Å². The maximum atomic E-state index is 11.6. The van der Waals surface area contributed by atoms with Gasteiger partial charge >= 0.3 is 0 Å². The summed E-state index contributed by atoms with van der Waals surface area (Å²) in [5.41, 5.74) is 1.23. The summed E-state index contributed by atoms with van der Waals surface area (Å²) in [6.07, 6.45) is 0. The van der Waals surface area contributed by atoms with Gasteiger partial charge in [0.1, 0.15) is 0 Å². The van der Waals surface area contributed by atoms with E-state index in [1.807, 2.05) is 31.2 Å². The third-order valence-corrected chi connectivity index (χ3v) is 2.49. The van der Waals surface area contributed by atoms with Gasteiger partial charge in [-0.05, 0) is 19.1 Å². The van der Waals surface area contributed by atoms with Crippen molar-refractivity contribution in [3.05, 3.63) is 29.8 Å². The molecule has 0 aliphatic carbocycles. The fourth-order valence-corrected chi connectivity index (χ4v) is 1.57. The lowest BCUT2D eigenvalue weighted by molar-refractivity contribution is 0.405.